The Balaban J connectivity index is 1.64. The van der Waals surface area contributed by atoms with Gasteiger partial charge in [-0.15, -0.1) is 11.8 Å². The van der Waals surface area contributed by atoms with Gasteiger partial charge in [0.1, 0.15) is 0 Å². The number of likely N-dealkylation sites (N-methyl/N-ethyl adjacent to an activating group) is 1. The minimum absolute atomic E-state index is 0.986. The van der Waals surface area contributed by atoms with Gasteiger partial charge >= 0.3 is 0 Å². The van der Waals surface area contributed by atoms with E-state index in [0.29, 0.717) is 0 Å². The normalized spacial score (nSPS) is 17.2. The number of benzene rings is 1. The van der Waals surface area contributed by atoms with Crippen LogP contribution >= 0.6 is 11.8 Å². The molecule has 21 heavy (non-hydrogen) atoms. The zero-order chi connectivity index (χ0) is 14.9. The highest BCUT2D eigenvalue weighted by Gasteiger charge is 2.12. The SMILES string of the molecule is CCCNCc1ccc(SCCN2CCN(C)CC2)cc1. The van der Waals surface area contributed by atoms with E-state index in [0.717, 1.165) is 13.1 Å². The summed E-state index contributed by atoms with van der Waals surface area (Å²) in [6.45, 7) is 10.4. The van der Waals surface area contributed by atoms with Gasteiger partial charge in [-0.05, 0) is 37.7 Å². The van der Waals surface area contributed by atoms with Crippen LogP contribution in [0.3, 0.4) is 0 Å². The lowest BCUT2D eigenvalue weighted by molar-refractivity contribution is 0.161. The number of rotatable bonds is 8. The van der Waals surface area contributed by atoms with E-state index in [4.69, 9.17) is 0 Å². The van der Waals surface area contributed by atoms with Crippen LogP contribution in [0.25, 0.3) is 0 Å². The fraction of sp³-hybridized carbons (Fsp3) is 0.647. The smallest absolute Gasteiger partial charge is 0.0205 e. The summed E-state index contributed by atoms with van der Waals surface area (Å²) in [5.41, 5.74) is 1.38. The summed E-state index contributed by atoms with van der Waals surface area (Å²) in [6, 6.07) is 9.02. The van der Waals surface area contributed by atoms with Gasteiger partial charge in [-0.2, -0.15) is 0 Å². The first-order chi connectivity index (χ1) is 10.3. The number of piperazine rings is 1. The molecule has 1 aromatic rings. The Labute approximate surface area is 134 Å². The van der Waals surface area contributed by atoms with Gasteiger partial charge in [-0.25, -0.2) is 0 Å². The maximum Gasteiger partial charge on any atom is 0.0205 e. The van der Waals surface area contributed by atoms with Crippen molar-refractivity contribution in [1.29, 1.82) is 0 Å². The van der Waals surface area contributed by atoms with Crippen molar-refractivity contribution < 1.29 is 0 Å². The number of nitrogens with zero attached hydrogens (tertiary/aromatic N) is 2. The van der Waals surface area contributed by atoms with Crippen LogP contribution in [0.1, 0.15) is 18.9 Å². The van der Waals surface area contributed by atoms with Crippen molar-refractivity contribution in [2.75, 3.05) is 52.1 Å². The molecule has 118 valence electrons. The molecule has 1 N–H and O–H groups in total. The molecule has 0 radical (unpaired) electrons. The predicted octanol–water partition coefficient (Wildman–Crippen LogP) is 2.53. The van der Waals surface area contributed by atoms with Crippen LogP contribution in [-0.4, -0.2) is 61.9 Å². The molecule has 0 saturated carbocycles. The second-order valence-corrected chi connectivity index (χ2v) is 6.98. The second kappa shape index (κ2) is 9.46. The first-order valence-corrected chi connectivity index (χ1v) is 9.10. The summed E-state index contributed by atoms with van der Waals surface area (Å²) in [7, 11) is 2.21. The summed E-state index contributed by atoms with van der Waals surface area (Å²) < 4.78 is 0. The molecule has 1 saturated heterocycles. The molecule has 0 unspecified atom stereocenters. The Bertz CT molecular complexity index is 386. The van der Waals surface area contributed by atoms with Crippen LogP contribution in [0.15, 0.2) is 29.2 Å². The highest BCUT2D eigenvalue weighted by Crippen LogP contribution is 2.18. The summed E-state index contributed by atoms with van der Waals surface area (Å²) in [4.78, 5) is 6.38. The van der Waals surface area contributed by atoms with Crippen molar-refractivity contribution in [2.24, 2.45) is 0 Å². The molecule has 0 bridgehead atoms. The average molecular weight is 308 g/mol. The first-order valence-electron chi connectivity index (χ1n) is 8.11. The van der Waals surface area contributed by atoms with E-state index in [2.05, 4.69) is 53.4 Å². The maximum atomic E-state index is 3.44. The van der Waals surface area contributed by atoms with Gasteiger partial charge in [0, 0.05) is 49.9 Å². The third kappa shape index (κ3) is 6.39. The zero-order valence-electron chi connectivity index (χ0n) is 13.5. The van der Waals surface area contributed by atoms with E-state index < -0.39 is 0 Å². The lowest BCUT2D eigenvalue weighted by Gasteiger charge is -2.32. The van der Waals surface area contributed by atoms with Gasteiger partial charge in [0.15, 0.2) is 0 Å². The van der Waals surface area contributed by atoms with Crippen LogP contribution in [0.5, 0.6) is 0 Å². The van der Waals surface area contributed by atoms with Gasteiger partial charge in [-0.3, -0.25) is 4.90 Å². The Morgan fingerprint density at radius 2 is 1.81 bits per heavy atom. The number of hydrogen-bond acceptors (Lipinski definition) is 4. The molecule has 1 aliphatic rings. The van der Waals surface area contributed by atoms with Crippen molar-refractivity contribution >= 4 is 11.8 Å². The van der Waals surface area contributed by atoms with Gasteiger partial charge in [-0.1, -0.05) is 19.1 Å². The van der Waals surface area contributed by atoms with Crippen molar-refractivity contribution in [2.45, 2.75) is 24.8 Å². The van der Waals surface area contributed by atoms with E-state index in [1.165, 1.54) is 55.4 Å². The molecule has 2 rings (SSSR count). The van der Waals surface area contributed by atoms with E-state index in [1.54, 1.807) is 0 Å². The quantitative estimate of drug-likeness (QED) is 0.587. The van der Waals surface area contributed by atoms with Crippen molar-refractivity contribution in [3.63, 3.8) is 0 Å². The van der Waals surface area contributed by atoms with Crippen LogP contribution < -0.4 is 5.32 Å². The van der Waals surface area contributed by atoms with E-state index in [9.17, 15) is 0 Å². The molecule has 1 aliphatic heterocycles. The van der Waals surface area contributed by atoms with Gasteiger partial charge in [0.25, 0.3) is 0 Å². The molecular formula is C17H29N3S. The van der Waals surface area contributed by atoms with Gasteiger partial charge in [0.05, 0.1) is 0 Å². The monoisotopic (exact) mass is 307 g/mol. The standard InChI is InChI=1S/C17H29N3S/c1-3-8-18-15-16-4-6-17(7-5-16)21-14-13-20-11-9-19(2)10-12-20/h4-7,18H,3,8-15H2,1-2H3. The summed E-state index contributed by atoms with van der Waals surface area (Å²) in [5, 5.41) is 3.44. The van der Waals surface area contributed by atoms with Crippen LogP contribution in [0, 0.1) is 0 Å². The highest BCUT2D eigenvalue weighted by molar-refractivity contribution is 7.99. The van der Waals surface area contributed by atoms with Gasteiger partial charge in [0.2, 0.25) is 0 Å². The lowest BCUT2D eigenvalue weighted by atomic mass is 10.2. The third-order valence-electron chi connectivity index (χ3n) is 3.95. The molecule has 0 aliphatic carbocycles. The Morgan fingerprint density at radius 1 is 1.10 bits per heavy atom. The summed E-state index contributed by atoms with van der Waals surface area (Å²) >= 11 is 1.98. The van der Waals surface area contributed by atoms with Crippen molar-refractivity contribution in [3.05, 3.63) is 29.8 Å². The number of hydrogen-bond donors (Lipinski definition) is 1. The highest BCUT2D eigenvalue weighted by atomic mass is 32.2. The zero-order valence-corrected chi connectivity index (χ0v) is 14.3. The van der Waals surface area contributed by atoms with E-state index in [1.807, 2.05) is 11.8 Å². The second-order valence-electron chi connectivity index (χ2n) is 5.81. The Hall–Kier alpha value is -0.550. The molecule has 1 fully saturated rings. The van der Waals surface area contributed by atoms with Crippen molar-refractivity contribution in [3.8, 4) is 0 Å². The molecule has 0 atom stereocenters. The largest absolute Gasteiger partial charge is 0.313 e. The topological polar surface area (TPSA) is 18.5 Å². The fourth-order valence-electron chi connectivity index (χ4n) is 2.48. The number of thioether (sulfide) groups is 1. The van der Waals surface area contributed by atoms with E-state index in [-0.39, 0.29) is 0 Å². The van der Waals surface area contributed by atoms with E-state index >= 15 is 0 Å². The van der Waals surface area contributed by atoms with Crippen LogP contribution in [0.4, 0.5) is 0 Å². The summed E-state index contributed by atoms with van der Waals surface area (Å²) in [6.07, 6.45) is 1.19. The molecule has 4 heteroatoms. The average Bonchev–Trinajstić information content (AvgIpc) is 2.51. The van der Waals surface area contributed by atoms with Crippen LogP contribution in [-0.2, 0) is 6.54 Å². The van der Waals surface area contributed by atoms with Gasteiger partial charge < -0.3 is 10.2 Å². The molecule has 0 spiro atoms. The lowest BCUT2D eigenvalue weighted by Crippen LogP contribution is -2.45. The molecule has 0 amide bonds. The third-order valence-corrected chi connectivity index (χ3v) is 4.94. The van der Waals surface area contributed by atoms with Crippen molar-refractivity contribution in [1.82, 2.24) is 15.1 Å². The molecule has 0 aromatic heterocycles. The fourth-order valence-corrected chi connectivity index (χ4v) is 3.39. The predicted molar refractivity (Wildman–Crippen MR) is 93.1 cm³/mol. The Morgan fingerprint density at radius 3 is 2.48 bits per heavy atom. The van der Waals surface area contributed by atoms with Crippen LogP contribution in [0.2, 0.25) is 0 Å². The molecule has 3 nitrogen and oxygen atoms in total. The summed E-state index contributed by atoms with van der Waals surface area (Å²) in [5.74, 6) is 1.19. The molecular weight excluding hydrogens is 278 g/mol. The molecule has 1 aromatic carbocycles. The maximum absolute atomic E-state index is 3.44. The minimum Gasteiger partial charge on any atom is -0.313 e. The minimum atomic E-state index is 0.986. The first kappa shape index (κ1) is 16.8. The number of nitrogens with one attached hydrogen (secondary N) is 1. The molecule has 1 heterocycles. The Kier molecular flexibility index (Phi) is 7.58.